The fourth-order valence-electron chi connectivity index (χ4n) is 1.64. The molecule has 0 unspecified atom stereocenters. The molecule has 0 radical (unpaired) electrons. The van der Waals surface area contributed by atoms with Crippen LogP contribution < -0.4 is 16.4 Å². The van der Waals surface area contributed by atoms with Gasteiger partial charge in [-0.3, -0.25) is 0 Å². The van der Waals surface area contributed by atoms with Gasteiger partial charge in [-0.05, 0) is 30.3 Å². The minimum atomic E-state index is 0.715. The van der Waals surface area contributed by atoms with Crippen LogP contribution in [0.4, 0.5) is 22.7 Å². The average Bonchev–Trinajstić information content (AvgIpc) is 2.32. The van der Waals surface area contributed by atoms with E-state index in [1.807, 2.05) is 54.4 Å². The Morgan fingerprint density at radius 3 is 2.31 bits per heavy atom. The van der Waals surface area contributed by atoms with Gasteiger partial charge in [-0.15, -0.1) is 0 Å². The number of anilines is 4. The number of rotatable bonds is 2. The number of nitrogens with zero attached hydrogens (tertiary/aromatic N) is 1. The predicted octanol–water partition coefficient (Wildman–Crippen LogP) is 2.62. The molecule has 0 aliphatic heterocycles. The van der Waals surface area contributed by atoms with E-state index in [1.165, 1.54) is 0 Å². The van der Waals surface area contributed by atoms with Crippen LogP contribution in [0, 0.1) is 0 Å². The summed E-state index contributed by atoms with van der Waals surface area (Å²) in [6.07, 6.45) is 0. The summed E-state index contributed by atoms with van der Waals surface area (Å²) in [4.78, 5) is 2.02. The van der Waals surface area contributed by atoms with E-state index in [0.29, 0.717) is 5.69 Å². The second-order valence-electron chi connectivity index (χ2n) is 3.71. The first kappa shape index (κ1) is 10.4. The van der Waals surface area contributed by atoms with E-state index in [1.54, 1.807) is 6.07 Å². The molecular weight excluding hydrogens is 198 g/mol. The van der Waals surface area contributed by atoms with Crippen molar-refractivity contribution < 1.29 is 0 Å². The average molecular weight is 213 g/mol. The molecule has 16 heavy (non-hydrogen) atoms. The minimum absolute atomic E-state index is 0.715. The van der Waals surface area contributed by atoms with Crippen molar-refractivity contribution in [2.45, 2.75) is 0 Å². The Bertz CT molecular complexity index is 480. The highest BCUT2D eigenvalue weighted by Crippen LogP contribution is 2.30. The lowest BCUT2D eigenvalue weighted by atomic mass is 10.2. The molecule has 0 atom stereocenters. The quantitative estimate of drug-likeness (QED) is 0.754. The lowest BCUT2D eigenvalue weighted by molar-refractivity contribution is 1.21. The molecule has 2 aromatic rings. The summed E-state index contributed by atoms with van der Waals surface area (Å²) < 4.78 is 0. The molecule has 0 amide bonds. The molecule has 2 aromatic carbocycles. The van der Waals surface area contributed by atoms with E-state index in [0.717, 1.165) is 17.1 Å². The molecule has 0 spiro atoms. The molecule has 0 bridgehead atoms. The molecule has 0 heterocycles. The number of benzene rings is 2. The van der Waals surface area contributed by atoms with E-state index >= 15 is 0 Å². The second kappa shape index (κ2) is 4.14. The first-order chi connectivity index (χ1) is 7.68. The standard InChI is InChI=1S/C13H15N3/c1-16(11-5-3-2-4-6-11)13-9-10(14)7-8-12(13)15/h2-9H,14-15H2,1H3. The molecule has 3 heteroatoms. The summed E-state index contributed by atoms with van der Waals surface area (Å²) >= 11 is 0. The molecule has 0 aliphatic rings. The van der Waals surface area contributed by atoms with Gasteiger partial charge in [0.05, 0.1) is 11.4 Å². The molecular formula is C13H15N3. The Kier molecular flexibility index (Phi) is 2.68. The first-order valence-corrected chi connectivity index (χ1v) is 5.12. The molecule has 0 saturated carbocycles. The SMILES string of the molecule is CN(c1ccccc1)c1cc(N)ccc1N. The molecule has 0 aromatic heterocycles. The number of nitrogen functional groups attached to an aromatic ring is 2. The summed E-state index contributed by atoms with van der Waals surface area (Å²) in [6, 6.07) is 15.5. The molecule has 3 nitrogen and oxygen atoms in total. The first-order valence-electron chi connectivity index (χ1n) is 5.12. The number of hydrogen-bond donors (Lipinski definition) is 2. The smallest absolute Gasteiger partial charge is 0.0662 e. The maximum absolute atomic E-state index is 5.93. The van der Waals surface area contributed by atoms with Crippen molar-refractivity contribution in [2.75, 3.05) is 23.4 Å². The third-order valence-electron chi connectivity index (χ3n) is 2.56. The lowest BCUT2D eigenvalue weighted by Crippen LogP contribution is -2.11. The van der Waals surface area contributed by atoms with Crippen LogP contribution >= 0.6 is 0 Å². The second-order valence-corrected chi connectivity index (χ2v) is 3.71. The van der Waals surface area contributed by atoms with Crippen LogP contribution in [0.2, 0.25) is 0 Å². The third-order valence-corrected chi connectivity index (χ3v) is 2.56. The van der Waals surface area contributed by atoms with E-state index in [2.05, 4.69) is 0 Å². The zero-order valence-corrected chi connectivity index (χ0v) is 9.22. The van der Waals surface area contributed by atoms with Gasteiger partial charge in [0.15, 0.2) is 0 Å². The van der Waals surface area contributed by atoms with Crippen molar-refractivity contribution in [2.24, 2.45) is 0 Å². The van der Waals surface area contributed by atoms with Gasteiger partial charge >= 0.3 is 0 Å². The van der Waals surface area contributed by atoms with Crippen LogP contribution in [0.1, 0.15) is 0 Å². The van der Waals surface area contributed by atoms with E-state index < -0.39 is 0 Å². The summed E-state index contributed by atoms with van der Waals surface area (Å²) in [5.41, 5.74) is 15.1. The van der Waals surface area contributed by atoms with Gasteiger partial charge in [0.2, 0.25) is 0 Å². The van der Waals surface area contributed by atoms with Crippen molar-refractivity contribution in [3.05, 3.63) is 48.5 Å². The van der Waals surface area contributed by atoms with Gasteiger partial charge in [0.1, 0.15) is 0 Å². The maximum Gasteiger partial charge on any atom is 0.0662 e. The zero-order valence-electron chi connectivity index (χ0n) is 9.22. The fourth-order valence-corrected chi connectivity index (χ4v) is 1.64. The number of nitrogens with two attached hydrogens (primary N) is 2. The molecule has 4 N–H and O–H groups in total. The van der Waals surface area contributed by atoms with E-state index in [4.69, 9.17) is 11.5 Å². The molecule has 0 fully saturated rings. The number of hydrogen-bond acceptors (Lipinski definition) is 3. The van der Waals surface area contributed by atoms with Crippen LogP contribution in [0.25, 0.3) is 0 Å². The Hall–Kier alpha value is -2.16. The predicted molar refractivity (Wildman–Crippen MR) is 69.8 cm³/mol. The summed E-state index contributed by atoms with van der Waals surface area (Å²) in [7, 11) is 1.97. The van der Waals surface area contributed by atoms with Crippen LogP contribution in [0.5, 0.6) is 0 Å². The van der Waals surface area contributed by atoms with Crippen molar-refractivity contribution in [3.8, 4) is 0 Å². The van der Waals surface area contributed by atoms with Crippen molar-refractivity contribution in [1.29, 1.82) is 0 Å². The van der Waals surface area contributed by atoms with Crippen LogP contribution in [-0.4, -0.2) is 7.05 Å². The largest absolute Gasteiger partial charge is 0.399 e. The Morgan fingerprint density at radius 2 is 1.62 bits per heavy atom. The Morgan fingerprint density at radius 1 is 0.938 bits per heavy atom. The summed E-state index contributed by atoms with van der Waals surface area (Å²) in [5, 5.41) is 0. The van der Waals surface area contributed by atoms with Gasteiger partial charge in [0, 0.05) is 18.4 Å². The monoisotopic (exact) mass is 213 g/mol. The third kappa shape index (κ3) is 1.93. The van der Waals surface area contributed by atoms with Crippen molar-refractivity contribution >= 4 is 22.7 Å². The van der Waals surface area contributed by atoms with Gasteiger partial charge in [-0.25, -0.2) is 0 Å². The fraction of sp³-hybridized carbons (Fsp3) is 0.0769. The molecule has 0 saturated heterocycles. The normalized spacial score (nSPS) is 10.1. The van der Waals surface area contributed by atoms with Crippen LogP contribution in [0.15, 0.2) is 48.5 Å². The highest BCUT2D eigenvalue weighted by atomic mass is 15.1. The molecule has 2 rings (SSSR count). The van der Waals surface area contributed by atoms with Gasteiger partial charge in [0.25, 0.3) is 0 Å². The molecule has 82 valence electrons. The van der Waals surface area contributed by atoms with Gasteiger partial charge < -0.3 is 16.4 Å². The topological polar surface area (TPSA) is 55.3 Å². The highest BCUT2D eigenvalue weighted by molar-refractivity contribution is 5.77. The van der Waals surface area contributed by atoms with Crippen LogP contribution in [-0.2, 0) is 0 Å². The van der Waals surface area contributed by atoms with Crippen LogP contribution in [0.3, 0.4) is 0 Å². The summed E-state index contributed by atoms with van der Waals surface area (Å²) in [5.74, 6) is 0. The van der Waals surface area contributed by atoms with Gasteiger partial charge in [-0.2, -0.15) is 0 Å². The Balaban J connectivity index is 2.41. The Labute approximate surface area is 95.3 Å². The minimum Gasteiger partial charge on any atom is -0.399 e. The van der Waals surface area contributed by atoms with Crippen molar-refractivity contribution in [3.63, 3.8) is 0 Å². The molecule has 0 aliphatic carbocycles. The van der Waals surface area contributed by atoms with E-state index in [-0.39, 0.29) is 0 Å². The lowest BCUT2D eigenvalue weighted by Gasteiger charge is -2.21. The van der Waals surface area contributed by atoms with Gasteiger partial charge in [-0.1, -0.05) is 18.2 Å². The maximum atomic E-state index is 5.93. The summed E-state index contributed by atoms with van der Waals surface area (Å²) in [6.45, 7) is 0. The van der Waals surface area contributed by atoms with Crippen molar-refractivity contribution in [1.82, 2.24) is 0 Å². The van der Waals surface area contributed by atoms with E-state index in [9.17, 15) is 0 Å². The number of para-hydroxylation sites is 1. The zero-order chi connectivity index (χ0) is 11.5. The highest BCUT2D eigenvalue weighted by Gasteiger charge is 2.07.